The molecule has 0 radical (unpaired) electrons. The van der Waals surface area contributed by atoms with Crippen LogP contribution in [0.15, 0.2) is 0 Å². The quantitative estimate of drug-likeness (QED) is 0.253. The van der Waals surface area contributed by atoms with Gasteiger partial charge in [-0.2, -0.15) is 0 Å². The second-order valence-corrected chi connectivity index (χ2v) is 5.68. The molecule has 0 saturated heterocycles. The molecule has 0 aliphatic rings. The van der Waals surface area contributed by atoms with E-state index >= 15 is 0 Å². The first-order valence-electron chi connectivity index (χ1n) is 8.51. The van der Waals surface area contributed by atoms with Crippen LogP contribution in [-0.2, 0) is 23.8 Å². The van der Waals surface area contributed by atoms with Gasteiger partial charge >= 0.3 is 18.0 Å². The Labute approximate surface area is 144 Å². The summed E-state index contributed by atoms with van der Waals surface area (Å²) in [6.07, 6.45) is 7.44. The predicted molar refractivity (Wildman–Crippen MR) is 89.5 cm³/mol. The SMILES string of the molecule is CCCCCCCCC[C@H](NC(=O)OC)C(C(=O)OC)C(=O)OC. The number of nitrogens with one attached hydrogen (secondary N) is 1. The number of carbonyl (C=O) groups is 3. The number of alkyl carbamates (subject to hydrolysis) is 1. The van der Waals surface area contributed by atoms with Crippen molar-refractivity contribution in [3.63, 3.8) is 0 Å². The number of amides is 1. The molecule has 0 aromatic heterocycles. The van der Waals surface area contributed by atoms with E-state index in [0.29, 0.717) is 6.42 Å². The van der Waals surface area contributed by atoms with Crippen LogP contribution in [0.1, 0.15) is 58.3 Å². The molecule has 140 valence electrons. The summed E-state index contributed by atoms with van der Waals surface area (Å²) < 4.78 is 13.9. The third kappa shape index (κ3) is 8.74. The Morgan fingerprint density at radius 3 is 1.75 bits per heavy atom. The van der Waals surface area contributed by atoms with Crippen molar-refractivity contribution in [1.29, 1.82) is 0 Å². The standard InChI is InChI=1S/C17H31NO6/c1-5-6-7-8-9-10-11-12-13(18-17(21)24-4)14(15(19)22-2)16(20)23-3/h13-14H,5-12H2,1-4H3,(H,18,21)/t13-/m0/s1. The Morgan fingerprint density at radius 2 is 1.29 bits per heavy atom. The van der Waals surface area contributed by atoms with Crippen molar-refractivity contribution in [2.45, 2.75) is 64.3 Å². The molecule has 0 aliphatic heterocycles. The Bertz CT molecular complexity index is 369. The lowest BCUT2D eigenvalue weighted by Gasteiger charge is -2.23. The van der Waals surface area contributed by atoms with Crippen LogP contribution in [0.4, 0.5) is 4.79 Å². The fourth-order valence-corrected chi connectivity index (χ4v) is 2.53. The first-order chi connectivity index (χ1) is 11.5. The van der Waals surface area contributed by atoms with Crippen LogP contribution in [0.25, 0.3) is 0 Å². The molecule has 0 bridgehead atoms. The molecule has 7 heteroatoms. The van der Waals surface area contributed by atoms with Gasteiger partial charge in [0.1, 0.15) is 0 Å². The lowest BCUT2D eigenvalue weighted by molar-refractivity contribution is -0.160. The molecular weight excluding hydrogens is 314 g/mol. The first kappa shape index (κ1) is 22.2. The van der Waals surface area contributed by atoms with Gasteiger partial charge in [-0.15, -0.1) is 0 Å². The van der Waals surface area contributed by atoms with Crippen molar-refractivity contribution in [1.82, 2.24) is 5.32 Å². The maximum absolute atomic E-state index is 11.9. The highest BCUT2D eigenvalue weighted by atomic mass is 16.5. The number of esters is 2. The maximum Gasteiger partial charge on any atom is 0.407 e. The van der Waals surface area contributed by atoms with E-state index in [-0.39, 0.29) is 0 Å². The number of methoxy groups -OCH3 is 3. The van der Waals surface area contributed by atoms with E-state index in [1.54, 1.807) is 0 Å². The summed E-state index contributed by atoms with van der Waals surface area (Å²) >= 11 is 0. The number of unbranched alkanes of at least 4 members (excludes halogenated alkanes) is 6. The van der Waals surface area contributed by atoms with E-state index < -0.39 is 30.0 Å². The summed E-state index contributed by atoms with van der Waals surface area (Å²) in [5, 5.41) is 2.55. The van der Waals surface area contributed by atoms with Gasteiger partial charge in [0.2, 0.25) is 0 Å². The lowest BCUT2D eigenvalue weighted by atomic mass is 9.94. The van der Waals surface area contributed by atoms with Gasteiger partial charge in [-0.1, -0.05) is 51.9 Å². The minimum Gasteiger partial charge on any atom is -0.468 e. The molecule has 1 atom stereocenters. The van der Waals surface area contributed by atoms with E-state index in [1.165, 1.54) is 47.0 Å². The minimum absolute atomic E-state index is 0.470. The highest BCUT2D eigenvalue weighted by Crippen LogP contribution is 2.17. The molecule has 1 N–H and O–H groups in total. The second kappa shape index (κ2) is 13.6. The van der Waals surface area contributed by atoms with Crippen LogP contribution in [0.3, 0.4) is 0 Å². The highest BCUT2D eigenvalue weighted by molar-refractivity contribution is 5.96. The fourth-order valence-electron chi connectivity index (χ4n) is 2.53. The van der Waals surface area contributed by atoms with E-state index in [4.69, 9.17) is 0 Å². The predicted octanol–water partition coefficient (Wildman–Crippen LogP) is 2.81. The van der Waals surface area contributed by atoms with E-state index in [2.05, 4.69) is 26.5 Å². The number of ether oxygens (including phenoxy) is 3. The van der Waals surface area contributed by atoms with Gasteiger partial charge in [-0.05, 0) is 6.42 Å². The smallest absolute Gasteiger partial charge is 0.407 e. The fraction of sp³-hybridized carbons (Fsp3) is 0.824. The zero-order chi connectivity index (χ0) is 18.4. The maximum atomic E-state index is 11.9. The molecule has 0 aromatic rings. The van der Waals surface area contributed by atoms with E-state index in [9.17, 15) is 14.4 Å². The average molecular weight is 345 g/mol. The minimum atomic E-state index is -1.20. The van der Waals surface area contributed by atoms with Crippen molar-refractivity contribution in [3.05, 3.63) is 0 Å². The van der Waals surface area contributed by atoms with Gasteiger partial charge in [0, 0.05) is 0 Å². The summed E-state index contributed by atoms with van der Waals surface area (Å²) in [4.78, 5) is 35.3. The molecule has 0 aliphatic carbocycles. The Morgan fingerprint density at radius 1 is 0.792 bits per heavy atom. The molecule has 7 nitrogen and oxygen atoms in total. The average Bonchev–Trinajstić information content (AvgIpc) is 2.59. The summed E-state index contributed by atoms with van der Waals surface area (Å²) in [6.45, 7) is 2.17. The zero-order valence-corrected chi connectivity index (χ0v) is 15.3. The highest BCUT2D eigenvalue weighted by Gasteiger charge is 2.37. The molecule has 1 amide bonds. The summed E-state index contributed by atoms with van der Waals surface area (Å²) in [7, 11) is 3.62. The van der Waals surface area contributed by atoms with Gasteiger partial charge in [-0.25, -0.2) is 4.79 Å². The number of rotatable bonds is 12. The zero-order valence-electron chi connectivity index (χ0n) is 15.3. The van der Waals surface area contributed by atoms with Crippen LogP contribution < -0.4 is 5.32 Å². The summed E-state index contributed by atoms with van der Waals surface area (Å²) in [5.74, 6) is -2.66. The van der Waals surface area contributed by atoms with Crippen molar-refractivity contribution < 1.29 is 28.6 Å². The third-order valence-electron chi connectivity index (χ3n) is 3.92. The Hall–Kier alpha value is -1.79. The number of hydrogen-bond acceptors (Lipinski definition) is 6. The molecule has 0 aromatic carbocycles. The molecule has 0 heterocycles. The third-order valence-corrected chi connectivity index (χ3v) is 3.92. The molecule has 0 unspecified atom stereocenters. The van der Waals surface area contributed by atoms with Crippen molar-refractivity contribution in [2.24, 2.45) is 5.92 Å². The topological polar surface area (TPSA) is 90.9 Å². The second-order valence-electron chi connectivity index (χ2n) is 5.68. The van der Waals surface area contributed by atoms with Gasteiger partial charge in [0.15, 0.2) is 5.92 Å². The Balaban J connectivity index is 4.67. The number of hydrogen-bond donors (Lipinski definition) is 1. The van der Waals surface area contributed by atoms with Crippen LogP contribution in [0, 0.1) is 5.92 Å². The van der Waals surface area contributed by atoms with Gasteiger partial charge in [-0.3, -0.25) is 9.59 Å². The van der Waals surface area contributed by atoms with Crippen molar-refractivity contribution in [2.75, 3.05) is 21.3 Å². The van der Waals surface area contributed by atoms with Gasteiger partial charge in [0.05, 0.1) is 27.4 Å². The molecule has 0 saturated carbocycles. The summed E-state index contributed by atoms with van der Waals surface area (Å²) in [6, 6.07) is -0.715. The van der Waals surface area contributed by atoms with Crippen molar-refractivity contribution in [3.8, 4) is 0 Å². The van der Waals surface area contributed by atoms with Crippen LogP contribution in [0.2, 0.25) is 0 Å². The molecule has 0 rings (SSSR count). The number of carbonyl (C=O) groups excluding carboxylic acids is 3. The largest absolute Gasteiger partial charge is 0.468 e. The lowest BCUT2D eigenvalue weighted by Crippen LogP contribution is -2.47. The van der Waals surface area contributed by atoms with Crippen LogP contribution >= 0.6 is 0 Å². The normalized spacial score (nSPS) is 11.7. The van der Waals surface area contributed by atoms with E-state index in [0.717, 1.165) is 19.3 Å². The summed E-state index contributed by atoms with van der Waals surface area (Å²) in [5.41, 5.74) is 0. The van der Waals surface area contributed by atoms with Gasteiger partial charge in [0.25, 0.3) is 0 Å². The Kier molecular flexibility index (Phi) is 12.6. The molecular formula is C17H31NO6. The first-order valence-corrected chi connectivity index (χ1v) is 8.51. The monoisotopic (exact) mass is 345 g/mol. The molecule has 0 spiro atoms. The van der Waals surface area contributed by atoms with Crippen LogP contribution in [-0.4, -0.2) is 45.4 Å². The van der Waals surface area contributed by atoms with Crippen molar-refractivity contribution >= 4 is 18.0 Å². The molecule has 24 heavy (non-hydrogen) atoms. The van der Waals surface area contributed by atoms with Gasteiger partial charge < -0.3 is 19.5 Å². The van der Waals surface area contributed by atoms with Crippen LogP contribution in [0.5, 0.6) is 0 Å². The molecule has 0 fully saturated rings. The van der Waals surface area contributed by atoms with E-state index in [1.807, 2.05) is 0 Å².